The van der Waals surface area contributed by atoms with Crippen molar-refractivity contribution in [3.8, 4) is 0 Å². The summed E-state index contributed by atoms with van der Waals surface area (Å²) in [5.74, 6) is -0.286. The first-order chi connectivity index (χ1) is 12.2. The topological polar surface area (TPSA) is 78.7 Å². The van der Waals surface area contributed by atoms with Gasteiger partial charge in [-0.1, -0.05) is 5.21 Å². The number of piperazine rings is 1. The first kappa shape index (κ1) is 16.2. The molecule has 0 aliphatic carbocycles. The van der Waals surface area contributed by atoms with Gasteiger partial charge < -0.3 is 25.0 Å². The van der Waals surface area contributed by atoms with Gasteiger partial charge in [0.15, 0.2) is 0 Å². The van der Waals surface area contributed by atoms with E-state index in [0.717, 1.165) is 26.2 Å². The summed E-state index contributed by atoms with van der Waals surface area (Å²) < 4.78 is 21.8. The van der Waals surface area contributed by atoms with E-state index in [-0.39, 0.29) is 11.9 Å². The molecule has 0 amide bonds. The lowest BCUT2D eigenvalue weighted by atomic mass is 10.2. The number of halogens is 1. The maximum absolute atomic E-state index is 14.6. The largest absolute Gasteiger partial charge is 0.367 e. The SMILES string of the molecule is OC1O[C@@H](Cn2ccnn2)CN1c1ccc(N2CCNCC2)c(F)c1. The van der Waals surface area contributed by atoms with Gasteiger partial charge in [0.25, 0.3) is 0 Å². The second kappa shape index (κ2) is 6.95. The molecule has 2 aliphatic heterocycles. The fourth-order valence-corrected chi connectivity index (χ4v) is 3.31. The van der Waals surface area contributed by atoms with Crippen molar-refractivity contribution in [2.45, 2.75) is 19.1 Å². The van der Waals surface area contributed by atoms with Crippen LogP contribution < -0.4 is 15.1 Å². The Morgan fingerprint density at radius 1 is 1.32 bits per heavy atom. The highest BCUT2D eigenvalue weighted by Gasteiger charge is 2.32. The van der Waals surface area contributed by atoms with Crippen LogP contribution in [0.2, 0.25) is 0 Å². The van der Waals surface area contributed by atoms with E-state index < -0.39 is 6.41 Å². The Morgan fingerprint density at radius 3 is 2.88 bits per heavy atom. The van der Waals surface area contributed by atoms with Crippen molar-refractivity contribution in [1.82, 2.24) is 20.3 Å². The van der Waals surface area contributed by atoms with Crippen molar-refractivity contribution in [3.63, 3.8) is 0 Å². The smallest absolute Gasteiger partial charge is 0.238 e. The van der Waals surface area contributed by atoms with Crippen LogP contribution in [0.3, 0.4) is 0 Å². The molecule has 134 valence electrons. The molecule has 1 aromatic carbocycles. The number of nitrogens with zero attached hydrogens (tertiary/aromatic N) is 5. The zero-order valence-corrected chi connectivity index (χ0v) is 13.8. The van der Waals surface area contributed by atoms with Gasteiger partial charge in [-0.05, 0) is 18.2 Å². The van der Waals surface area contributed by atoms with Crippen LogP contribution in [0, 0.1) is 5.82 Å². The number of ether oxygens (including phenoxy) is 1. The molecule has 2 atom stereocenters. The minimum Gasteiger partial charge on any atom is -0.367 e. The molecular weight excluding hydrogens is 327 g/mol. The molecule has 2 N–H and O–H groups in total. The maximum atomic E-state index is 14.6. The summed E-state index contributed by atoms with van der Waals surface area (Å²) in [4.78, 5) is 3.67. The number of hydrogen-bond acceptors (Lipinski definition) is 7. The summed E-state index contributed by atoms with van der Waals surface area (Å²) in [6.45, 7) is 4.20. The lowest BCUT2D eigenvalue weighted by molar-refractivity contribution is -0.0924. The molecule has 1 aromatic heterocycles. The summed E-state index contributed by atoms with van der Waals surface area (Å²) in [6, 6.07) is 5.06. The van der Waals surface area contributed by atoms with Gasteiger partial charge in [0, 0.05) is 38.1 Å². The van der Waals surface area contributed by atoms with Crippen LogP contribution in [0.15, 0.2) is 30.6 Å². The lowest BCUT2D eigenvalue weighted by Crippen LogP contribution is -2.43. The zero-order chi connectivity index (χ0) is 17.2. The Hall–Kier alpha value is -2.23. The van der Waals surface area contributed by atoms with Crippen molar-refractivity contribution in [2.75, 3.05) is 42.5 Å². The van der Waals surface area contributed by atoms with E-state index in [0.29, 0.717) is 24.5 Å². The minimum absolute atomic E-state index is 0.243. The van der Waals surface area contributed by atoms with Crippen LogP contribution in [0.4, 0.5) is 15.8 Å². The molecule has 2 saturated heterocycles. The monoisotopic (exact) mass is 348 g/mol. The fourth-order valence-electron chi connectivity index (χ4n) is 3.31. The molecule has 3 heterocycles. The molecule has 0 radical (unpaired) electrons. The van der Waals surface area contributed by atoms with Gasteiger partial charge in [-0.3, -0.25) is 0 Å². The van der Waals surface area contributed by atoms with E-state index in [9.17, 15) is 9.50 Å². The fraction of sp³-hybridized carbons (Fsp3) is 0.500. The standard InChI is InChI=1S/C16H21FN6O2/c17-14-9-12(1-2-15(14)21-6-3-18-4-7-21)23-11-13(25-16(23)24)10-22-8-5-19-20-22/h1-2,5,8-9,13,16,18,24H,3-4,6-7,10-11H2/t13-,16?/m0/s1. The van der Waals surface area contributed by atoms with Crippen LogP contribution >= 0.6 is 0 Å². The first-order valence-electron chi connectivity index (χ1n) is 8.40. The van der Waals surface area contributed by atoms with E-state index in [1.165, 1.54) is 6.07 Å². The van der Waals surface area contributed by atoms with Crippen LogP contribution in [-0.2, 0) is 11.3 Å². The van der Waals surface area contributed by atoms with Crippen LogP contribution in [0.5, 0.6) is 0 Å². The van der Waals surface area contributed by atoms with E-state index in [1.807, 2.05) is 11.0 Å². The molecule has 9 heteroatoms. The molecule has 0 bridgehead atoms. The maximum Gasteiger partial charge on any atom is 0.238 e. The Kier molecular flexibility index (Phi) is 4.51. The zero-order valence-electron chi connectivity index (χ0n) is 13.8. The molecule has 2 aromatic rings. The van der Waals surface area contributed by atoms with Crippen LogP contribution in [0.1, 0.15) is 0 Å². The van der Waals surface area contributed by atoms with Gasteiger partial charge in [0.05, 0.1) is 31.1 Å². The van der Waals surface area contributed by atoms with E-state index in [1.54, 1.807) is 28.0 Å². The number of aliphatic hydroxyl groups is 1. The third kappa shape index (κ3) is 3.44. The second-order valence-electron chi connectivity index (χ2n) is 6.23. The molecular formula is C16H21FN6O2. The first-order valence-corrected chi connectivity index (χ1v) is 8.40. The third-order valence-electron chi connectivity index (χ3n) is 4.56. The normalized spacial score (nSPS) is 24.1. The summed E-state index contributed by atoms with van der Waals surface area (Å²) in [6.07, 6.45) is 1.99. The predicted molar refractivity (Wildman–Crippen MR) is 89.7 cm³/mol. The van der Waals surface area contributed by atoms with E-state index in [4.69, 9.17) is 4.74 Å². The predicted octanol–water partition coefficient (Wildman–Crippen LogP) is 0.00810. The molecule has 2 fully saturated rings. The molecule has 0 spiro atoms. The quantitative estimate of drug-likeness (QED) is 0.806. The Balaban J connectivity index is 1.46. The highest BCUT2D eigenvalue weighted by Crippen LogP contribution is 2.29. The van der Waals surface area contributed by atoms with Gasteiger partial charge in [-0.25, -0.2) is 9.07 Å². The Morgan fingerprint density at radius 2 is 2.16 bits per heavy atom. The third-order valence-corrected chi connectivity index (χ3v) is 4.56. The Labute approximate surface area is 144 Å². The van der Waals surface area contributed by atoms with Gasteiger partial charge in [0.1, 0.15) is 5.82 Å². The number of nitrogens with one attached hydrogen (secondary N) is 1. The molecule has 4 rings (SSSR count). The summed E-state index contributed by atoms with van der Waals surface area (Å²) in [7, 11) is 0. The molecule has 1 unspecified atom stereocenters. The second-order valence-corrected chi connectivity index (χ2v) is 6.23. The summed E-state index contributed by atoms with van der Waals surface area (Å²) in [5.41, 5.74) is 1.20. The van der Waals surface area contributed by atoms with Gasteiger partial charge in [-0.15, -0.1) is 5.10 Å². The Bertz CT molecular complexity index is 707. The average Bonchev–Trinajstić information content (AvgIpc) is 3.25. The van der Waals surface area contributed by atoms with Crippen molar-refractivity contribution < 1.29 is 14.2 Å². The van der Waals surface area contributed by atoms with E-state index >= 15 is 0 Å². The highest BCUT2D eigenvalue weighted by atomic mass is 19.1. The highest BCUT2D eigenvalue weighted by molar-refractivity contribution is 5.58. The van der Waals surface area contributed by atoms with Crippen molar-refractivity contribution in [1.29, 1.82) is 0 Å². The van der Waals surface area contributed by atoms with Crippen LogP contribution in [0.25, 0.3) is 0 Å². The number of benzene rings is 1. The number of anilines is 2. The number of aromatic nitrogens is 3. The average molecular weight is 348 g/mol. The summed E-state index contributed by atoms with van der Waals surface area (Å²) in [5, 5.41) is 21.1. The number of hydrogen-bond donors (Lipinski definition) is 2. The van der Waals surface area contributed by atoms with E-state index in [2.05, 4.69) is 15.6 Å². The summed E-state index contributed by atoms with van der Waals surface area (Å²) >= 11 is 0. The van der Waals surface area contributed by atoms with Crippen molar-refractivity contribution in [3.05, 3.63) is 36.4 Å². The van der Waals surface area contributed by atoms with Gasteiger partial charge in [-0.2, -0.15) is 0 Å². The van der Waals surface area contributed by atoms with Gasteiger partial charge in [0.2, 0.25) is 6.41 Å². The van der Waals surface area contributed by atoms with Crippen LogP contribution in [-0.4, -0.2) is 65.3 Å². The molecule has 0 saturated carbocycles. The molecule has 8 nitrogen and oxygen atoms in total. The number of aliphatic hydroxyl groups excluding tert-OH is 1. The minimum atomic E-state index is -1.10. The molecule has 25 heavy (non-hydrogen) atoms. The van der Waals surface area contributed by atoms with Crippen molar-refractivity contribution in [2.24, 2.45) is 0 Å². The lowest BCUT2D eigenvalue weighted by Gasteiger charge is -2.30. The number of rotatable bonds is 4. The molecule has 2 aliphatic rings. The van der Waals surface area contributed by atoms with Crippen molar-refractivity contribution >= 4 is 11.4 Å². The van der Waals surface area contributed by atoms with Gasteiger partial charge >= 0.3 is 0 Å².